The Morgan fingerprint density at radius 3 is 2.03 bits per heavy atom. The number of esters is 2. The smallest absolute Gasteiger partial charge is 0.331 e. The zero-order valence-corrected chi connectivity index (χ0v) is 18.9. The maximum Gasteiger partial charge on any atom is 0.331 e. The van der Waals surface area contributed by atoms with E-state index in [1.807, 2.05) is 48.5 Å². The molecule has 0 fully saturated rings. The second-order valence-corrected chi connectivity index (χ2v) is 7.59. The van der Waals surface area contributed by atoms with Crippen LogP contribution in [0.15, 0.2) is 78.0 Å². The first kappa shape index (κ1) is 25.0. The van der Waals surface area contributed by atoms with Crippen LogP contribution in [0.1, 0.15) is 11.1 Å². The van der Waals surface area contributed by atoms with Gasteiger partial charge < -0.3 is 14.3 Å². The summed E-state index contributed by atoms with van der Waals surface area (Å²) in [6.07, 6.45) is 3.35. The van der Waals surface area contributed by atoms with Crippen molar-refractivity contribution in [1.29, 1.82) is 0 Å². The normalized spacial score (nSPS) is 14.3. The lowest BCUT2D eigenvalue weighted by molar-refractivity contribution is -0.146. The van der Waals surface area contributed by atoms with E-state index in [-0.39, 0.29) is 6.61 Å². The van der Waals surface area contributed by atoms with E-state index in [1.54, 1.807) is 24.3 Å². The molecule has 0 spiro atoms. The van der Waals surface area contributed by atoms with Gasteiger partial charge in [-0.05, 0) is 23.3 Å². The van der Waals surface area contributed by atoms with Crippen molar-refractivity contribution in [2.75, 3.05) is 13.7 Å². The van der Waals surface area contributed by atoms with E-state index < -0.39 is 29.0 Å². The molecular formula is C24H23BrFNO5. The van der Waals surface area contributed by atoms with E-state index in [9.17, 15) is 14.0 Å². The summed E-state index contributed by atoms with van der Waals surface area (Å²) < 4.78 is 25.0. The first-order valence-electron chi connectivity index (χ1n) is 9.68. The van der Waals surface area contributed by atoms with Gasteiger partial charge >= 0.3 is 11.9 Å². The molecule has 0 aliphatic heterocycles. The standard InChI is InChI=1S/C24H23BrFNO5/c1-30-27-16-21(26)24(32-23(29)15-13-19-10-6-3-7-11-19)20(25)17-31-22(28)14-12-18-8-4-2-5-9-18/h2-16,20-21,24H,17H2,1H3/b14-12+,15-13+,27-16?/t20-,21+,24+/m0/s1. The number of halogens is 2. The fourth-order valence-electron chi connectivity index (χ4n) is 2.48. The predicted octanol–water partition coefficient (Wildman–Crippen LogP) is 4.60. The van der Waals surface area contributed by atoms with Crippen LogP contribution in [0.5, 0.6) is 0 Å². The topological polar surface area (TPSA) is 74.2 Å². The zero-order chi connectivity index (χ0) is 23.2. The number of benzene rings is 2. The molecule has 0 aliphatic rings. The summed E-state index contributed by atoms with van der Waals surface area (Å²) >= 11 is 3.24. The summed E-state index contributed by atoms with van der Waals surface area (Å²) in [7, 11) is 1.26. The van der Waals surface area contributed by atoms with Gasteiger partial charge in [-0.3, -0.25) is 0 Å². The quantitative estimate of drug-likeness (QED) is 0.147. The molecule has 0 saturated heterocycles. The predicted molar refractivity (Wildman–Crippen MR) is 125 cm³/mol. The Morgan fingerprint density at radius 2 is 1.50 bits per heavy atom. The van der Waals surface area contributed by atoms with Gasteiger partial charge in [0.05, 0.1) is 11.0 Å². The molecule has 0 aromatic heterocycles. The highest BCUT2D eigenvalue weighted by atomic mass is 79.9. The lowest BCUT2D eigenvalue weighted by Gasteiger charge is -2.23. The SMILES string of the molecule is CON=C[C@@H](F)[C@H](OC(=O)/C=C/c1ccccc1)[C@@H](Br)COC(=O)/C=C/c1ccccc1. The molecule has 0 bridgehead atoms. The third kappa shape index (κ3) is 9.26. The van der Waals surface area contributed by atoms with Gasteiger partial charge in [0.25, 0.3) is 0 Å². The minimum atomic E-state index is -1.80. The van der Waals surface area contributed by atoms with E-state index in [2.05, 4.69) is 25.9 Å². The largest absolute Gasteiger partial charge is 0.461 e. The number of rotatable bonds is 11. The van der Waals surface area contributed by atoms with E-state index in [0.29, 0.717) is 0 Å². The molecule has 0 unspecified atom stereocenters. The van der Waals surface area contributed by atoms with Crippen molar-refractivity contribution in [2.45, 2.75) is 17.1 Å². The molecule has 0 heterocycles. The third-order valence-electron chi connectivity index (χ3n) is 4.04. The van der Waals surface area contributed by atoms with Crippen LogP contribution in [0.3, 0.4) is 0 Å². The van der Waals surface area contributed by atoms with Crippen molar-refractivity contribution in [3.8, 4) is 0 Å². The minimum Gasteiger partial charge on any atom is -0.461 e. The van der Waals surface area contributed by atoms with Crippen molar-refractivity contribution >= 4 is 46.2 Å². The van der Waals surface area contributed by atoms with Gasteiger partial charge in [-0.25, -0.2) is 14.0 Å². The molecule has 0 amide bonds. The second kappa shape index (κ2) is 13.9. The van der Waals surface area contributed by atoms with Crippen molar-refractivity contribution in [1.82, 2.24) is 0 Å². The number of oxime groups is 1. The Bertz CT molecular complexity index is 934. The van der Waals surface area contributed by atoms with E-state index in [0.717, 1.165) is 17.3 Å². The molecule has 0 N–H and O–H groups in total. The lowest BCUT2D eigenvalue weighted by atomic mass is 10.1. The van der Waals surface area contributed by atoms with E-state index in [4.69, 9.17) is 9.47 Å². The number of hydrogen-bond acceptors (Lipinski definition) is 6. The Labute approximate surface area is 194 Å². The number of carbonyl (C=O) groups is 2. The number of alkyl halides is 2. The van der Waals surface area contributed by atoms with Crippen LogP contribution in [0.2, 0.25) is 0 Å². The Hall–Kier alpha value is -3.26. The van der Waals surface area contributed by atoms with Crippen LogP contribution in [-0.4, -0.2) is 49.0 Å². The van der Waals surface area contributed by atoms with Crippen LogP contribution < -0.4 is 0 Å². The molecule has 2 rings (SSSR count). The molecule has 8 heteroatoms. The number of hydrogen-bond donors (Lipinski definition) is 0. The average Bonchev–Trinajstić information content (AvgIpc) is 2.83. The molecule has 0 aliphatic carbocycles. The highest BCUT2D eigenvalue weighted by molar-refractivity contribution is 9.09. The number of carbonyl (C=O) groups excluding carboxylic acids is 2. The molecule has 6 nitrogen and oxygen atoms in total. The average molecular weight is 504 g/mol. The van der Waals surface area contributed by atoms with Crippen LogP contribution in [0, 0.1) is 0 Å². The van der Waals surface area contributed by atoms with Crippen LogP contribution in [0.4, 0.5) is 4.39 Å². The summed E-state index contributed by atoms with van der Waals surface area (Å²) in [4.78, 5) is 27.9. The Morgan fingerprint density at radius 1 is 0.969 bits per heavy atom. The van der Waals surface area contributed by atoms with E-state index >= 15 is 0 Å². The summed E-state index contributed by atoms with van der Waals surface area (Å²) in [6, 6.07) is 18.3. The molecule has 3 atom stereocenters. The first-order chi connectivity index (χ1) is 15.5. The van der Waals surface area contributed by atoms with Crippen molar-refractivity contribution < 1.29 is 28.3 Å². The lowest BCUT2D eigenvalue weighted by Crippen LogP contribution is -2.39. The summed E-state index contributed by atoms with van der Waals surface area (Å²) in [5, 5.41) is 3.39. The molecular weight excluding hydrogens is 481 g/mol. The Balaban J connectivity index is 1.97. The Kier molecular flexibility index (Phi) is 10.9. The van der Waals surface area contributed by atoms with Gasteiger partial charge in [0.2, 0.25) is 0 Å². The molecule has 32 heavy (non-hydrogen) atoms. The maximum atomic E-state index is 14.6. The van der Waals surface area contributed by atoms with Gasteiger partial charge in [-0.2, -0.15) is 0 Å². The molecule has 2 aromatic rings. The van der Waals surface area contributed by atoms with Crippen LogP contribution in [0.25, 0.3) is 12.2 Å². The van der Waals surface area contributed by atoms with Gasteiger partial charge in [0.1, 0.15) is 13.7 Å². The van der Waals surface area contributed by atoms with Gasteiger partial charge in [0, 0.05) is 12.2 Å². The van der Waals surface area contributed by atoms with Crippen molar-refractivity contribution in [3.63, 3.8) is 0 Å². The molecule has 0 radical (unpaired) electrons. The summed E-state index contributed by atoms with van der Waals surface area (Å²) in [5.74, 6) is -1.37. The maximum absolute atomic E-state index is 14.6. The number of nitrogens with zero attached hydrogens (tertiary/aromatic N) is 1. The van der Waals surface area contributed by atoms with Crippen LogP contribution in [-0.2, 0) is 23.9 Å². The number of ether oxygens (including phenoxy) is 2. The van der Waals surface area contributed by atoms with Crippen LogP contribution >= 0.6 is 15.9 Å². The monoisotopic (exact) mass is 503 g/mol. The molecule has 168 valence electrons. The van der Waals surface area contributed by atoms with Crippen molar-refractivity contribution in [3.05, 3.63) is 83.9 Å². The summed E-state index contributed by atoms with van der Waals surface area (Å²) in [6.45, 7) is -0.237. The van der Waals surface area contributed by atoms with Gasteiger partial charge in [-0.15, -0.1) is 0 Å². The first-order valence-corrected chi connectivity index (χ1v) is 10.6. The highest BCUT2D eigenvalue weighted by Gasteiger charge is 2.31. The third-order valence-corrected chi connectivity index (χ3v) is 4.82. The van der Waals surface area contributed by atoms with Gasteiger partial charge in [-0.1, -0.05) is 81.7 Å². The van der Waals surface area contributed by atoms with Gasteiger partial charge in [0.15, 0.2) is 12.3 Å². The minimum absolute atomic E-state index is 0.237. The summed E-state index contributed by atoms with van der Waals surface area (Å²) in [5.41, 5.74) is 1.62. The van der Waals surface area contributed by atoms with E-state index in [1.165, 1.54) is 19.3 Å². The fourth-order valence-corrected chi connectivity index (χ4v) is 3.01. The fraction of sp³-hybridized carbons (Fsp3) is 0.208. The zero-order valence-electron chi connectivity index (χ0n) is 17.3. The highest BCUT2D eigenvalue weighted by Crippen LogP contribution is 2.17. The van der Waals surface area contributed by atoms with Crippen molar-refractivity contribution in [2.24, 2.45) is 5.16 Å². The second-order valence-electron chi connectivity index (χ2n) is 6.42. The molecule has 0 saturated carbocycles. The molecule has 2 aromatic carbocycles.